The van der Waals surface area contributed by atoms with Crippen molar-refractivity contribution in [2.45, 2.75) is 0 Å². The molecule has 0 amide bonds. The molecule has 1 rings (SSSR count). The first kappa shape index (κ1) is 10.9. The molecular weight excluding hydrogens is 301 g/mol. The fourth-order valence-corrected chi connectivity index (χ4v) is 1.45. The van der Waals surface area contributed by atoms with E-state index in [1.165, 1.54) is 25.3 Å². The van der Waals surface area contributed by atoms with Crippen LogP contribution in [0.15, 0.2) is 18.2 Å². The van der Waals surface area contributed by atoms with Gasteiger partial charge in [-0.1, -0.05) is 0 Å². The van der Waals surface area contributed by atoms with E-state index in [0.29, 0.717) is 3.57 Å². The third-order valence-electron chi connectivity index (χ3n) is 1.57. The zero-order valence-corrected chi connectivity index (χ0v) is 9.35. The molecular formula is C8H6INO4. The highest BCUT2D eigenvalue weighted by Crippen LogP contribution is 2.19. The van der Waals surface area contributed by atoms with Gasteiger partial charge >= 0.3 is 5.97 Å². The smallest absolute Gasteiger partial charge is 0.339 e. The summed E-state index contributed by atoms with van der Waals surface area (Å²) < 4.78 is 5.11. The number of nitrogens with zero attached hydrogens (tertiary/aromatic N) is 1. The number of nitro groups is 1. The van der Waals surface area contributed by atoms with Crippen molar-refractivity contribution in [3.63, 3.8) is 0 Å². The molecule has 14 heavy (non-hydrogen) atoms. The van der Waals surface area contributed by atoms with Crippen molar-refractivity contribution < 1.29 is 14.5 Å². The van der Waals surface area contributed by atoms with Crippen molar-refractivity contribution in [3.8, 4) is 0 Å². The number of ether oxygens (including phenoxy) is 1. The van der Waals surface area contributed by atoms with E-state index < -0.39 is 10.9 Å². The van der Waals surface area contributed by atoms with E-state index >= 15 is 0 Å². The van der Waals surface area contributed by atoms with E-state index in [9.17, 15) is 14.9 Å². The molecule has 0 heterocycles. The van der Waals surface area contributed by atoms with Gasteiger partial charge in [-0.2, -0.15) is 0 Å². The van der Waals surface area contributed by atoms with Crippen LogP contribution in [0.4, 0.5) is 5.69 Å². The number of nitro benzene ring substituents is 1. The van der Waals surface area contributed by atoms with Crippen LogP contribution in [0.1, 0.15) is 10.4 Å². The van der Waals surface area contributed by atoms with Gasteiger partial charge in [0, 0.05) is 15.7 Å². The molecule has 0 saturated heterocycles. The zero-order valence-electron chi connectivity index (χ0n) is 7.19. The minimum absolute atomic E-state index is 0.120. The third-order valence-corrected chi connectivity index (χ3v) is 2.51. The second-order valence-electron chi connectivity index (χ2n) is 2.41. The van der Waals surface area contributed by atoms with Gasteiger partial charge in [-0.15, -0.1) is 0 Å². The molecule has 0 bridgehead atoms. The summed E-state index contributed by atoms with van der Waals surface area (Å²) >= 11 is 1.92. The summed E-state index contributed by atoms with van der Waals surface area (Å²) in [5.74, 6) is -0.571. The highest BCUT2D eigenvalue weighted by Gasteiger charge is 2.15. The summed E-state index contributed by atoms with van der Waals surface area (Å²) in [4.78, 5) is 21.0. The van der Waals surface area contributed by atoms with Crippen molar-refractivity contribution in [1.29, 1.82) is 0 Å². The number of hydrogen-bond acceptors (Lipinski definition) is 4. The number of benzene rings is 1. The monoisotopic (exact) mass is 307 g/mol. The number of esters is 1. The van der Waals surface area contributed by atoms with Crippen LogP contribution < -0.4 is 0 Å². The summed E-state index contributed by atoms with van der Waals surface area (Å²) in [7, 11) is 1.23. The van der Waals surface area contributed by atoms with Gasteiger partial charge in [-0.3, -0.25) is 10.1 Å². The molecule has 0 fully saturated rings. The molecule has 0 radical (unpaired) electrons. The number of carbonyl (C=O) groups is 1. The lowest BCUT2D eigenvalue weighted by Gasteiger charge is -2.01. The van der Waals surface area contributed by atoms with Crippen LogP contribution in [-0.4, -0.2) is 18.0 Å². The molecule has 6 heteroatoms. The quantitative estimate of drug-likeness (QED) is 0.362. The average Bonchev–Trinajstić information content (AvgIpc) is 2.17. The Bertz CT molecular complexity index is 391. The van der Waals surface area contributed by atoms with Crippen LogP contribution in [0, 0.1) is 13.7 Å². The highest BCUT2D eigenvalue weighted by molar-refractivity contribution is 14.1. The van der Waals surface area contributed by atoms with E-state index in [1.54, 1.807) is 0 Å². The molecule has 0 unspecified atom stereocenters. The Hall–Kier alpha value is -1.18. The van der Waals surface area contributed by atoms with Crippen LogP contribution in [0.2, 0.25) is 0 Å². The van der Waals surface area contributed by atoms with Crippen molar-refractivity contribution in [2.24, 2.45) is 0 Å². The molecule has 1 aromatic carbocycles. The Balaban J connectivity index is 3.21. The summed E-state index contributed by atoms with van der Waals surface area (Å²) in [5, 5.41) is 10.4. The van der Waals surface area contributed by atoms with Gasteiger partial charge in [0.1, 0.15) is 0 Å². The molecule has 0 aliphatic carbocycles. The molecule has 0 atom stereocenters. The maximum atomic E-state index is 11.2. The lowest BCUT2D eigenvalue weighted by molar-refractivity contribution is -0.384. The largest absolute Gasteiger partial charge is 0.465 e. The first-order valence-electron chi connectivity index (χ1n) is 3.58. The van der Waals surface area contributed by atoms with E-state index in [4.69, 9.17) is 0 Å². The highest BCUT2D eigenvalue weighted by atomic mass is 127. The number of rotatable bonds is 2. The molecule has 0 aliphatic heterocycles. The third kappa shape index (κ3) is 2.19. The molecule has 0 saturated carbocycles. The molecule has 0 aliphatic rings. The average molecular weight is 307 g/mol. The van der Waals surface area contributed by atoms with Crippen LogP contribution in [0.3, 0.4) is 0 Å². The van der Waals surface area contributed by atoms with Crippen molar-refractivity contribution in [1.82, 2.24) is 0 Å². The number of non-ortho nitro benzene ring substituents is 1. The van der Waals surface area contributed by atoms with E-state index in [1.807, 2.05) is 22.6 Å². The van der Waals surface area contributed by atoms with E-state index in [2.05, 4.69) is 4.74 Å². The maximum absolute atomic E-state index is 11.2. The van der Waals surface area contributed by atoms with Crippen molar-refractivity contribution >= 4 is 34.2 Å². The van der Waals surface area contributed by atoms with Crippen molar-refractivity contribution in [2.75, 3.05) is 7.11 Å². The number of carbonyl (C=O) groups excluding carboxylic acids is 1. The first-order chi connectivity index (χ1) is 6.56. The van der Waals surface area contributed by atoms with Crippen LogP contribution >= 0.6 is 22.6 Å². The Kier molecular flexibility index (Phi) is 3.39. The standard InChI is InChI=1S/C8H6INO4/c1-14-8(11)6-4-5(10(12)13)2-3-7(6)9/h2-4H,1H3. The summed E-state index contributed by atoms with van der Waals surface area (Å²) in [6.45, 7) is 0. The Labute approximate surface area is 93.4 Å². The fraction of sp³-hybridized carbons (Fsp3) is 0.125. The van der Waals surface area contributed by atoms with Gasteiger partial charge in [0.15, 0.2) is 0 Å². The van der Waals surface area contributed by atoms with Crippen LogP contribution in [0.5, 0.6) is 0 Å². The van der Waals surface area contributed by atoms with Gasteiger partial charge in [0.2, 0.25) is 0 Å². The first-order valence-corrected chi connectivity index (χ1v) is 4.66. The Morgan fingerprint density at radius 2 is 2.21 bits per heavy atom. The molecule has 74 valence electrons. The number of halogens is 1. The molecule has 0 aromatic heterocycles. The SMILES string of the molecule is COC(=O)c1cc([N+](=O)[O-])ccc1I. The van der Waals surface area contributed by atoms with Crippen molar-refractivity contribution in [3.05, 3.63) is 37.4 Å². The summed E-state index contributed by atoms with van der Waals surface area (Å²) in [6.07, 6.45) is 0. The molecule has 1 aromatic rings. The van der Waals surface area contributed by atoms with Gasteiger partial charge in [-0.25, -0.2) is 4.79 Å². The lowest BCUT2D eigenvalue weighted by Crippen LogP contribution is -2.04. The van der Waals surface area contributed by atoms with E-state index in [0.717, 1.165) is 0 Å². The lowest BCUT2D eigenvalue weighted by atomic mass is 10.2. The minimum Gasteiger partial charge on any atom is -0.465 e. The van der Waals surface area contributed by atoms with Gasteiger partial charge in [-0.05, 0) is 28.7 Å². The molecule has 0 N–H and O–H groups in total. The second-order valence-corrected chi connectivity index (χ2v) is 3.58. The van der Waals surface area contributed by atoms with E-state index in [-0.39, 0.29) is 11.3 Å². The normalized spacial score (nSPS) is 9.57. The second kappa shape index (κ2) is 4.36. The van der Waals surface area contributed by atoms with Crippen LogP contribution in [-0.2, 0) is 4.74 Å². The molecule has 0 spiro atoms. The summed E-state index contributed by atoms with van der Waals surface area (Å²) in [6, 6.07) is 4.05. The van der Waals surface area contributed by atoms with Crippen LogP contribution in [0.25, 0.3) is 0 Å². The number of hydrogen-bond donors (Lipinski definition) is 0. The molecule has 5 nitrogen and oxygen atoms in total. The summed E-state index contributed by atoms with van der Waals surface area (Å²) in [5.41, 5.74) is 0.0908. The number of methoxy groups -OCH3 is 1. The topological polar surface area (TPSA) is 69.4 Å². The predicted octanol–water partition coefficient (Wildman–Crippen LogP) is 1.99. The fourth-order valence-electron chi connectivity index (χ4n) is 0.893. The maximum Gasteiger partial charge on any atom is 0.339 e. The van der Waals surface area contributed by atoms with Gasteiger partial charge in [0.25, 0.3) is 5.69 Å². The predicted molar refractivity (Wildman–Crippen MR) is 57.2 cm³/mol. The minimum atomic E-state index is -0.571. The Morgan fingerprint density at radius 3 is 2.71 bits per heavy atom. The van der Waals surface area contributed by atoms with Gasteiger partial charge in [0.05, 0.1) is 17.6 Å². The zero-order chi connectivity index (χ0) is 10.7. The Morgan fingerprint density at radius 1 is 1.57 bits per heavy atom. The van der Waals surface area contributed by atoms with Gasteiger partial charge < -0.3 is 4.74 Å².